The Morgan fingerprint density at radius 3 is 2.50 bits per heavy atom. The Morgan fingerprint density at radius 1 is 1.07 bits per heavy atom. The Bertz CT molecular complexity index is 1080. The number of nitrogens with one attached hydrogen (secondary N) is 1. The number of rotatable bonds is 4. The minimum atomic E-state index is -0.527. The van der Waals surface area contributed by atoms with Gasteiger partial charge in [-0.2, -0.15) is 16.9 Å². The van der Waals surface area contributed by atoms with Crippen molar-refractivity contribution in [2.24, 2.45) is 0 Å². The summed E-state index contributed by atoms with van der Waals surface area (Å²) < 4.78 is 14.9. The van der Waals surface area contributed by atoms with Crippen molar-refractivity contribution in [3.63, 3.8) is 0 Å². The molecule has 1 N–H and O–H groups in total. The van der Waals surface area contributed by atoms with Gasteiger partial charge in [-0.15, -0.1) is 0 Å². The Balaban J connectivity index is 1.68. The maximum atomic E-state index is 13.8. The van der Waals surface area contributed by atoms with E-state index < -0.39 is 11.7 Å². The Kier molecular flexibility index (Phi) is 5.29. The van der Waals surface area contributed by atoms with Gasteiger partial charge in [-0.25, -0.2) is 9.07 Å². The molecule has 1 saturated heterocycles. The molecule has 0 spiro atoms. The molecule has 2 aromatic carbocycles. The smallest absolute Gasteiger partial charge is 0.275 e. The summed E-state index contributed by atoms with van der Waals surface area (Å²) in [6.07, 6.45) is 0. The minimum absolute atomic E-state index is 0.0783. The Morgan fingerprint density at radius 2 is 1.75 bits per heavy atom. The fourth-order valence-corrected chi connectivity index (χ4v) is 4.12. The summed E-state index contributed by atoms with van der Waals surface area (Å²) in [5, 5.41) is 8.30. The van der Waals surface area contributed by atoms with E-state index in [9.17, 15) is 14.0 Å². The van der Waals surface area contributed by atoms with Gasteiger partial charge in [0.15, 0.2) is 5.82 Å². The van der Waals surface area contributed by atoms with Gasteiger partial charge in [0.2, 0.25) is 5.91 Å². The molecule has 6 nitrogen and oxygen atoms in total. The first-order valence-electron chi connectivity index (χ1n) is 9.00. The highest BCUT2D eigenvalue weighted by atomic mass is 32.2. The molecule has 0 radical (unpaired) electrons. The number of benzene rings is 2. The summed E-state index contributed by atoms with van der Waals surface area (Å²) in [5.41, 5.74) is -0.260. The maximum Gasteiger partial charge on any atom is 0.275 e. The van der Waals surface area contributed by atoms with E-state index in [0.29, 0.717) is 11.2 Å². The molecule has 0 saturated carbocycles. The Hall–Kier alpha value is -2.87. The SMILES string of the molecule is O=C(Cn1nc(N2CCSCC2)c2ccccc2c1=O)Nc1ccccc1F. The number of hydrogen-bond acceptors (Lipinski definition) is 5. The summed E-state index contributed by atoms with van der Waals surface area (Å²) in [7, 11) is 0. The molecule has 1 amide bonds. The molecular weight excluding hydrogens is 379 g/mol. The third-order valence-corrected chi connectivity index (χ3v) is 5.54. The van der Waals surface area contributed by atoms with Crippen molar-refractivity contribution < 1.29 is 9.18 Å². The van der Waals surface area contributed by atoms with Crippen LogP contribution in [0.5, 0.6) is 0 Å². The summed E-state index contributed by atoms with van der Waals surface area (Å²) in [6.45, 7) is 1.39. The van der Waals surface area contributed by atoms with E-state index in [1.165, 1.54) is 12.1 Å². The molecule has 8 heteroatoms. The van der Waals surface area contributed by atoms with E-state index in [0.717, 1.165) is 34.7 Å². The highest BCUT2D eigenvalue weighted by molar-refractivity contribution is 7.99. The first kappa shape index (κ1) is 18.5. The average Bonchev–Trinajstić information content (AvgIpc) is 2.72. The molecule has 1 aliphatic rings. The van der Waals surface area contributed by atoms with Crippen LogP contribution in [0.4, 0.5) is 15.9 Å². The minimum Gasteiger partial charge on any atom is -0.353 e. The van der Waals surface area contributed by atoms with Crippen LogP contribution < -0.4 is 15.8 Å². The molecular formula is C20H19FN4O2S. The standard InChI is InChI=1S/C20H19FN4O2S/c21-16-7-3-4-8-17(16)22-18(26)13-25-20(27)15-6-2-1-5-14(15)19(23-25)24-9-11-28-12-10-24/h1-8H,9-13H2,(H,22,26). The summed E-state index contributed by atoms with van der Waals surface area (Å²) >= 11 is 1.88. The van der Waals surface area contributed by atoms with Crippen LogP contribution in [0.2, 0.25) is 0 Å². The van der Waals surface area contributed by atoms with Crippen molar-refractivity contribution in [1.29, 1.82) is 0 Å². The van der Waals surface area contributed by atoms with E-state index in [4.69, 9.17) is 0 Å². The molecule has 28 heavy (non-hydrogen) atoms. The topological polar surface area (TPSA) is 67.2 Å². The first-order chi connectivity index (χ1) is 13.6. The largest absolute Gasteiger partial charge is 0.353 e. The quantitative estimate of drug-likeness (QED) is 0.732. The molecule has 3 aromatic rings. The molecule has 0 unspecified atom stereocenters. The fraction of sp³-hybridized carbons (Fsp3) is 0.250. The number of nitrogens with zero attached hydrogens (tertiary/aromatic N) is 3. The predicted octanol–water partition coefficient (Wildman–Crippen LogP) is 2.73. The first-order valence-corrected chi connectivity index (χ1v) is 10.2. The molecule has 0 atom stereocenters. The summed E-state index contributed by atoms with van der Waals surface area (Å²) in [5.74, 6) is 1.65. The van der Waals surface area contributed by atoms with Gasteiger partial charge in [-0.1, -0.05) is 30.3 Å². The van der Waals surface area contributed by atoms with Gasteiger partial charge < -0.3 is 10.2 Å². The van der Waals surface area contributed by atoms with E-state index in [1.807, 2.05) is 23.9 Å². The predicted molar refractivity (Wildman–Crippen MR) is 111 cm³/mol. The number of anilines is 2. The number of thioether (sulfide) groups is 1. The normalized spacial score (nSPS) is 14.2. The second-order valence-corrected chi connectivity index (χ2v) is 7.68. The van der Waals surface area contributed by atoms with Gasteiger partial charge in [-0.3, -0.25) is 9.59 Å². The van der Waals surface area contributed by atoms with Crippen LogP contribution in [-0.4, -0.2) is 40.3 Å². The number of amides is 1. The molecule has 4 rings (SSSR count). The van der Waals surface area contributed by atoms with Crippen molar-refractivity contribution in [2.75, 3.05) is 34.8 Å². The number of carbonyl (C=O) groups is 1. The molecule has 1 fully saturated rings. The molecule has 2 heterocycles. The average molecular weight is 398 g/mol. The highest BCUT2D eigenvalue weighted by Crippen LogP contribution is 2.24. The zero-order chi connectivity index (χ0) is 19.5. The third kappa shape index (κ3) is 3.73. The van der Waals surface area contributed by atoms with Gasteiger partial charge in [0, 0.05) is 30.0 Å². The van der Waals surface area contributed by atoms with E-state index in [1.54, 1.807) is 24.3 Å². The second kappa shape index (κ2) is 8.02. The summed E-state index contributed by atoms with van der Waals surface area (Å²) in [6, 6.07) is 13.2. The van der Waals surface area contributed by atoms with Crippen molar-refractivity contribution >= 4 is 39.9 Å². The van der Waals surface area contributed by atoms with Crippen molar-refractivity contribution in [2.45, 2.75) is 6.54 Å². The van der Waals surface area contributed by atoms with Crippen LogP contribution in [0.1, 0.15) is 0 Å². The fourth-order valence-electron chi connectivity index (χ4n) is 3.22. The lowest BCUT2D eigenvalue weighted by Gasteiger charge is -2.28. The van der Waals surface area contributed by atoms with Crippen LogP contribution in [0.3, 0.4) is 0 Å². The van der Waals surface area contributed by atoms with Crippen molar-refractivity contribution in [3.8, 4) is 0 Å². The second-order valence-electron chi connectivity index (χ2n) is 6.46. The van der Waals surface area contributed by atoms with Gasteiger partial charge >= 0.3 is 0 Å². The highest BCUT2D eigenvalue weighted by Gasteiger charge is 2.19. The van der Waals surface area contributed by atoms with E-state index >= 15 is 0 Å². The number of halogens is 1. The number of carbonyl (C=O) groups excluding carboxylic acids is 1. The van der Waals surface area contributed by atoms with Gasteiger partial charge in [0.05, 0.1) is 11.1 Å². The lowest BCUT2D eigenvalue weighted by Crippen LogP contribution is -2.37. The maximum absolute atomic E-state index is 13.8. The van der Waals surface area contributed by atoms with Crippen LogP contribution in [-0.2, 0) is 11.3 Å². The van der Waals surface area contributed by atoms with Crippen LogP contribution in [0, 0.1) is 5.82 Å². The van der Waals surface area contributed by atoms with E-state index in [-0.39, 0.29) is 17.8 Å². The molecule has 0 aliphatic carbocycles. The monoisotopic (exact) mass is 398 g/mol. The van der Waals surface area contributed by atoms with Crippen molar-refractivity contribution in [1.82, 2.24) is 9.78 Å². The van der Waals surface area contributed by atoms with Gasteiger partial charge in [0.25, 0.3) is 5.56 Å². The Labute approximate surface area is 165 Å². The summed E-state index contributed by atoms with van der Waals surface area (Å²) in [4.78, 5) is 27.4. The van der Waals surface area contributed by atoms with Crippen LogP contribution in [0.25, 0.3) is 10.8 Å². The molecule has 1 aliphatic heterocycles. The lowest BCUT2D eigenvalue weighted by molar-refractivity contribution is -0.117. The van der Waals surface area contributed by atoms with Gasteiger partial charge in [-0.05, 0) is 18.2 Å². The lowest BCUT2D eigenvalue weighted by atomic mass is 10.1. The number of aromatic nitrogens is 2. The van der Waals surface area contributed by atoms with Gasteiger partial charge in [0.1, 0.15) is 12.4 Å². The van der Waals surface area contributed by atoms with Crippen molar-refractivity contribution in [3.05, 3.63) is 64.7 Å². The zero-order valence-corrected chi connectivity index (χ0v) is 15.9. The number of hydrogen-bond donors (Lipinski definition) is 1. The van der Waals surface area contributed by atoms with E-state index in [2.05, 4.69) is 15.3 Å². The molecule has 0 bridgehead atoms. The van der Waals surface area contributed by atoms with Crippen LogP contribution in [0.15, 0.2) is 53.3 Å². The number of para-hydroxylation sites is 1. The zero-order valence-electron chi connectivity index (χ0n) is 15.1. The third-order valence-electron chi connectivity index (χ3n) is 4.60. The van der Waals surface area contributed by atoms with Crippen LogP contribution >= 0.6 is 11.8 Å². The molecule has 1 aromatic heterocycles. The number of fused-ring (bicyclic) bond motifs is 1. The molecule has 144 valence electrons.